The number of Topliss-reactive ketones (excluding diaryl/α,β-unsaturated/α-hetero) is 1. The Morgan fingerprint density at radius 3 is 2.55 bits per heavy atom. The lowest BCUT2D eigenvalue weighted by molar-refractivity contribution is -0.116. The first-order valence-corrected chi connectivity index (χ1v) is 14.0. The van der Waals surface area contributed by atoms with Crippen molar-refractivity contribution in [3.05, 3.63) is 72.2 Å². The van der Waals surface area contributed by atoms with Crippen LogP contribution in [0.3, 0.4) is 0 Å². The van der Waals surface area contributed by atoms with Crippen LogP contribution in [0.2, 0.25) is 0 Å². The van der Waals surface area contributed by atoms with Crippen LogP contribution >= 0.6 is 0 Å². The van der Waals surface area contributed by atoms with Crippen molar-refractivity contribution in [3.63, 3.8) is 0 Å². The van der Waals surface area contributed by atoms with Crippen molar-refractivity contribution in [2.75, 3.05) is 23.3 Å². The van der Waals surface area contributed by atoms with E-state index in [1.807, 2.05) is 36.5 Å². The van der Waals surface area contributed by atoms with Crippen LogP contribution in [-0.4, -0.2) is 34.9 Å². The summed E-state index contributed by atoms with van der Waals surface area (Å²) >= 11 is 0. The standard InChI is InChI=1S/C32H37N5O/c1-23(38)17-29-19-26(12-14-34-29)27-13-15-35-32(20-27)36-31-7-3-2-6-28(31)18-25-5-4-16-37(22-25)30-10-8-24(21-33)9-11-30/h8-15,19-20,25,28,31H,2-7,16-18,22H2,1H3,(H,35,36)/t25-,28+,31-/m1/s1. The first-order valence-electron chi connectivity index (χ1n) is 14.0. The Bertz CT molecular complexity index is 1280. The van der Waals surface area contributed by atoms with Gasteiger partial charge in [-0.15, -0.1) is 0 Å². The zero-order valence-electron chi connectivity index (χ0n) is 22.3. The van der Waals surface area contributed by atoms with Crippen LogP contribution in [0.4, 0.5) is 11.5 Å². The van der Waals surface area contributed by atoms with E-state index in [9.17, 15) is 4.79 Å². The van der Waals surface area contributed by atoms with Crippen molar-refractivity contribution in [3.8, 4) is 17.2 Å². The van der Waals surface area contributed by atoms with Crippen molar-refractivity contribution >= 4 is 17.3 Å². The highest BCUT2D eigenvalue weighted by Gasteiger charge is 2.30. The Balaban J connectivity index is 1.24. The molecule has 1 aliphatic heterocycles. The summed E-state index contributed by atoms with van der Waals surface area (Å²) in [5, 5.41) is 12.9. The molecule has 196 valence electrons. The number of carbonyl (C=O) groups is 1. The van der Waals surface area contributed by atoms with Crippen LogP contribution in [0.5, 0.6) is 0 Å². The number of benzene rings is 1. The third-order valence-corrected chi connectivity index (χ3v) is 8.10. The van der Waals surface area contributed by atoms with Gasteiger partial charge in [-0.1, -0.05) is 12.8 Å². The maximum atomic E-state index is 11.6. The third kappa shape index (κ3) is 6.58. The average Bonchev–Trinajstić information content (AvgIpc) is 2.94. The van der Waals surface area contributed by atoms with E-state index in [1.54, 1.807) is 13.1 Å². The molecule has 38 heavy (non-hydrogen) atoms. The smallest absolute Gasteiger partial charge is 0.135 e. The number of nitrogens with one attached hydrogen (secondary N) is 1. The molecule has 1 aliphatic carbocycles. The first-order chi connectivity index (χ1) is 18.6. The summed E-state index contributed by atoms with van der Waals surface area (Å²) in [4.78, 5) is 23.1. The number of carbonyl (C=O) groups excluding carboxylic acids is 1. The minimum atomic E-state index is 0.119. The van der Waals surface area contributed by atoms with E-state index in [4.69, 9.17) is 5.26 Å². The monoisotopic (exact) mass is 507 g/mol. The molecule has 0 unspecified atom stereocenters. The number of aromatic nitrogens is 2. The molecule has 5 rings (SSSR count). The van der Waals surface area contributed by atoms with Gasteiger partial charge in [0.25, 0.3) is 0 Å². The van der Waals surface area contributed by atoms with Crippen LogP contribution in [0, 0.1) is 23.2 Å². The van der Waals surface area contributed by atoms with E-state index in [-0.39, 0.29) is 5.78 Å². The molecule has 1 N–H and O–H groups in total. The predicted molar refractivity (Wildman–Crippen MR) is 152 cm³/mol. The number of piperidine rings is 1. The van der Waals surface area contributed by atoms with Crippen molar-refractivity contribution in [2.45, 2.75) is 64.3 Å². The van der Waals surface area contributed by atoms with Crippen LogP contribution in [0.1, 0.15) is 63.1 Å². The SMILES string of the molecule is CC(=O)Cc1cc(-c2ccnc(N[C@@H]3CCCC[C@H]3C[C@H]3CCCN(c4ccc(C#N)cc4)C3)c2)ccn1. The molecule has 3 aromatic rings. The predicted octanol–water partition coefficient (Wildman–Crippen LogP) is 6.42. The van der Waals surface area contributed by atoms with E-state index in [2.05, 4.69) is 44.5 Å². The van der Waals surface area contributed by atoms with Crippen molar-refractivity contribution in [1.29, 1.82) is 5.26 Å². The third-order valence-electron chi connectivity index (χ3n) is 8.10. The summed E-state index contributed by atoms with van der Waals surface area (Å²) < 4.78 is 0. The Morgan fingerprint density at radius 2 is 1.76 bits per heavy atom. The molecular formula is C32H37N5O. The zero-order valence-corrected chi connectivity index (χ0v) is 22.3. The molecule has 1 aromatic carbocycles. The molecule has 1 saturated heterocycles. The van der Waals surface area contributed by atoms with Gasteiger partial charge in [-0.3, -0.25) is 9.78 Å². The van der Waals surface area contributed by atoms with Crippen LogP contribution in [0.15, 0.2) is 60.9 Å². The second-order valence-electron chi connectivity index (χ2n) is 11.0. The van der Waals surface area contributed by atoms with E-state index in [0.29, 0.717) is 24.3 Å². The van der Waals surface area contributed by atoms with Gasteiger partial charge in [0.2, 0.25) is 0 Å². The van der Waals surface area contributed by atoms with Gasteiger partial charge in [-0.25, -0.2) is 4.98 Å². The lowest BCUT2D eigenvalue weighted by atomic mass is 9.77. The van der Waals surface area contributed by atoms with E-state index >= 15 is 0 Å². The molecule has 3 atom stereocenters. The van der Waals surface area contributed by atoms with Gasteiger partial charge in [-0.2, -0.15) is 5.26 Å². The average molecular weight is 508 g/mol. The fourth-order valence-electron chi connectivity index (χ4n) is 6.24. The quantitative estimate of drug-likeness (QED) is 0.379. The van der Waals surface area contributed by atoms with Gasteiger partial charge >= 0.3 is 0 Å². The van der Waals surface area contributed by atoms with Gasteiger partial charge in [0.15, 0.2) is 0 Å². The summed E-state index contributed by atoms with van der Waals surface area (Å²) in [7, 11) is 0. The number of rotatable bonds is 8. The van der Waals surface area contributed by atoms with Crippen LogP contribution < -0.4 is 10.2 Å². The summed E-state index contributed by atoms with van der Waals surface area (Å²) in [5.74, 6) is 2.37. The molecule has 1 saturated carbocycles. The molecule has 0 radical (unpaired) electrons. The fourth-order valence-corrected chi connectivity index (χ4v) is 6.24. The number of nitrogens with zero attached hydrogens (tertiary/aromatic N) is 4. The zero-order chi connectivity index (χ0) is 26.3. The summed E-state index contributed by atoms with van der Waals surface area (Å²) in [6.07, 6.45) is 12.8. The lowest BCUT2D eigenvalue weighted by Gasteiger charge is -2.39. The van der Waals surface area contributed by atoms with Gasteiger partial charge in [-0.05, 0) is 111 Å². The Hall–Kier alpha value is -3.72. The maximum Gasteiger partial charge on any atom is 0.135 e. The largest absolute Gasteiger partial charge is 0.371 e. The molecule has 2 aromatic heterocycles. The minimum Gasteiger partial charge on any atom is -0.371 e. The summed E-state index contributed by atoms with van der Waals surface area (Å²) in [5.41, 5.74) is 4.91. The Morgan fingerprint density at radius 1 is 1.00 bits per heavy atom. The maximum absolute atomic E-state index is 11.6. The molecule has 6 heteroatoms. The summed E-state index contributed by atoms with van der Waals surface area (Å²) in [6, 6.07) is 18.9. The van der Waals surface area contributed by atoms with Crippen LogP contribution in [-0.2, 0) is 11.2 Å². The minimum absolute atomic E-state index is 0.119. The van der Waals surface area contributed by atoms with Gasteiger partial charge in [0, 0.05) is 49.3 Å². The fraction of sp³-hybridized carbons (Fsp3) is 0.438. The number of hydrogen-bond acceptors (Lipinski definition) is 6. The normalized spacial score (nSPS) is 21.5. The van der Waals surface area contributed by atoms with Gasteiger partial charge in [0.05, 0.1) is 11.6 Å². The van der Waals surface area contributed by atoms with Crippen molar-refractivity contribution in [1.82, 2.24) is 9.97 Å². The molecule has 0 amide bonds. The van der Waals surface area contributed by atoms with E-state index in [0.717, 1.165) is 41.3 Å². The number of anilines is 2. The Labute approximate surface area is 226 Å². The number of nitriles is 1. The molecule has 6 nitrogen and oxygen atoms in total. The lowest BCUT2D eigenvalue weighted by Crippen LogP contribution is -2.39. The highest BCUT2D eigenvalue weighted by atomic mass is 16.1. The topological polar surface area (TPSA) is 81.9 Å². The molecule has 2 aliphatic rings. The molecule has 0 bridgehead atoms. The number of hydrogen-bond donors (Lipinski definition) is 1. The number of pyridine rings is 2. The highest BCUT2D eigenvalue weighted by molar-refractivity contribution is 5.78. The molecular weight excluding hydrogens is 470 g/mol. The first kappa shape index (κ1) is 25.9. The summed E-state index contributed by atoms with van der Waals surface area (Å²) in [6.45, 7) is 3.78. The second kappa shape index (κ2) is 12.2. The Kier molecular flexibility index (Phi) is 8.33. The molecule has 3 heterocycles. The van der Waals surface area contributed by atoms with Crippen molar-refractivity contribution in [2.24, 2.45) is 11.8 Å². The second-order valence-corrected chi connectivity index (χ2v) is 11.0. The highest BCUT2D eigenvalue weighted by Crippen LogP contribution is 2.35. The van der Waals surface area contributed by atoms with Crippen LogP contribution in [0.25, 0.3) is 11.1 Å². The van der Waals surface area contributed by atoms with Crippen molar-refractivity contribution < 1.29 is 4.79 Å². The molecule has 0 spiro atoms. The van der Waals surface area contributed by atoms with Gasteiger partial charge < -0.3 is 10.2 Å². The van der Waals surface area contributed by atoms with Gasteiger partial charge in [0.1, 0.15) is 11.6 Å². The number of ketones is 1. The van der Waals surface area contributed by atoms with E-state index < -0.39 is 0 Å². The molecule has 2 fully saturated rings. The van der Waals surface area contributed by atoms with E-state index in [1.165, 1.54) is 50.6 Å².